The number of nitrogens with one attached hydrogen (secondary N) is 1. The smallest absolute Gasteiger partial charge is 0.339 e. The van der Waals surface area contributed by atoms with Crippen LogP contribution in [0.5, 0.6) is 11.5 Å². The largest absolute Gasteiger partial charge is 0.490 e. The third-order valence-corrected chi connectivity index (χ3v) is 5.06. The highest BCUT2D eigenvalue weighted by molar-refractivity contribution is 6.04. The molecule has 0 radical (unpaired) electrons. The molecule has 0 saturated heterocycles. The quantitative estimate of drug-likeness (QED) is 0.385. The first-order valence-electron chi connectivity index (χ1n) is 11.3. The van der Waals surface area contributed by atoms with Gasteiger partial charge in [-0.1, -0.05) is 12.1 Å². The van der Waals surface area contributed by atoms with Gasteiger partial charge in [0.25, 0.3) is 5.91 Å². The van der Waals surface area contributed by atoms with Crippen LogP contribution in [0.4, 0.5) is 10.2 Å². The van der Waals surface area contributed by atoms with Crippen LogP contribution in [-0.4, -0.2) is 49.9 Å². The first kappa shape index (κ1) is 26.6. The second-order valence-corrected chi connectivity index (χ2v) is 8.22. The van der Waals surface area contributed by atoms with E-state index in [0.29, 0.717) is 24.5 Å². The zero-order valence-corrected chi connectivity index (χ0v) is 20.6. The van der Waals surface area contributed by atoms with Crippen molar-refractivity contribution >= 4 is 17.7 Å². The molecular weight excluding hydrogens is 467 g/mol. The van der Waals surface area contributed by atoms with Crippen molar-refractivity contribution in [2.75, 3.05) is 26.1 Å². The Morgan fingerprint density at radius 2 is 1.67 bits per heavy atom. The summed E-state index contributed by atoms with van der Waals surface area (Å²) in [6, 6.07) is 14.2. The molecule has 2 aromatic carbocycles. The highest BCUT2D eigenvalue weighted by atomic mass is 19.1. The van der Waals surface area contributed by atoms with Gasteiger partial charge >= 0.3 is 5.97 Å². The predicted molar refractivity (Wildman–Crippen MR) is 132 cm³/mol. The summed E-state index contributed by atoms with van der Waals surface area (Å²) in [7, 11) is 2.85. The molecule has 1 N–H and O–H groups in total. The molecule has 1 aromatic heterocycles. The number of methoxy groups -OCH3 is 2. The van der Waals surface area contributed by atoms with E-state index in [1.54, 1.807) is 31.4 Å². The van der Waals surface area contributed by atoms with Crippen molar-refractivity contribution in [1.29, 1.82) is 0 Å². The Morgan fingerprint density at radius 1 is 0.944 bits per heavy atom. The summed E-state index contributed by atoms with van der Waals surface area (Å²) in [6.07, 6.45) is 1.22. The van der Waals surface area contributed by atoms with Crippen LogP contribution in [0.1, 0.15) is 40.1 Å². The predicted octanol–water partition coefficient (Wildman–Crippen LogP) is 4.68. The summed E-state index contributed by atoms with van der Waals surface area (Å²) >= 11 is 0. The monoisotopic (exact) mass is 496 g/mol. The van der Waals surface area contributed by atoms with Crippen LogP contribution >= 0.6 is 0 Å². The zero-order chi connectivity index (χ0) is 26.1. The van der Waals surface area contributed by atoms with E-state index in [4.69, 9.17) is 14.2 Å². The molecule has 0 fully saturated rings. The van der Waals surface area contributed by atoms with E-state index in [9.17, 15) is 14.0 Å². The van der Waals surface area contributed by atoms with Crippen molar-refractivity contribution in [3.8, 4) is 11.5 Å². The average molecular weight is 497 g/mol. The minimum absolute atomic E-state index is 0.258. The number of benzene rings is 2. The van der Waals surface area contributed by atoms with Crippen molar-refractivity contribution in [2.24, 2.45) is 0 Å². The van der Waals surface area contributed by atoms with E-state index in [0.717, 1.165) is 5.56 Å². The maximum absolute atomic E-state index is 13.5. The molecule has 8 nitrogen and oxygen atoms in total. The van der Waals surface area contributed by atoms with Crippen molar-refractivity contribution in [3.63, 3.8) is 0 Å². The fourth-order valence-electron chi connectivity index (χ4n) is 3.50. The molecule has 0 bridgehead atoms. The Kier molecular flexibility index (Phi) is 9.35. The summed E-state index contributed by atoms with van der Waals surface area (Å²) in [4.78, 5) is 28.7. The van der Waals surface area contributed by atoms with Crippen LogP contribution in [0.2, 0.25) is 0 Å². The summed E-state index contributed by atoms with van der Waals surface area (Å²) in [5.41, 5.74) is 1.34. The Bertz CT molecular complexity index is 1190. The molecule has 0 saturated carbocycles. The first-order chi connectivity index (χ1) is 17.3. The van der Waals surface area contributed by atoms with Gasteiger partial charge in [-0.25, -0.2) is 14.2 Å². The number of amides is 1. The number of nitrogens with zero attached hydrogens (tertiary/aromatic N) is 1. The van der Waals surface area contributed by atoms with Gasteiger partial charge < -0.3 is 24.3 Å². The second kappa shape index (κ2) is 12.6. The highest BCUT2D eigenvalue weighted by Gasteiger charge is 2.16. The first-order valence-corrected chi connectivity index (χ1v) is 11.3. The summed E-state index contributed by atoms with van der Waals surface area (Å²) in [5.74, 6) is -0.178. The Labute approximate surface area is 209 Å². The lowest BCUT2D eigenvalue weighted by atomic mass is 10.1. The standard InChI is InChI=1S/C27H29FN2O6/c1-17(10-19-6-5-7-22(28)11-19)35-23-12-21(13-24(14-23)36-18(2)16-33-3)26(31)30-25-9-8-20(15-29-25)27(32)34-4/h5-9,11-15,17-18H,10,16H2,1-4H3,(H,29,30,31)/t17-,18-/m0/s1. The van der Waals surface area contributed by atoms with Gasteiger partial charge in [-0.3, -0.25) is 4.79 Å². The Morgan fingerprint density at radius 3 is 2.28 bits per heavy atom. The molecule has 3 aromatic rings. The van der Waals surface area contributed by atoms with Crippen LogP contribution in [0.25, 0.3) is 0 Å². The van der Waals surface area contributed by atoms with E-state index in [1.165, 1.54) is 37.6 Å². The van der Waals surface area contributed by atoms with Gasteiger partial charge in [-0.2, -0.15) is 0 Å². The molecular formula is C27H29FN2O6. The van der Waals surface area contributed by atoms with E-state index in [1.807, 2.05) is 19.9 Å². The van der Waals surface area contributed by atoms with Crippen molar-refractivity contribution in [1.82, 2.24) is 4.98 Å². The molecule has 9 heteroatoms. The van der Waals surface area contributed by atoms with Crippen LogP contribution in [0.3, 0.4) is 0 Å². The topological polar surface area (TPSA) is 96.0 Å². The van der Waals surface area contributed by atoms with Gasteiger partial charge in [-0.15, -0.1) is 0 Å². The van der Waals surface area contributed by atoms with Gasteiger partial charge in [-0.05, 0) is 55.8 Å². The number of esters is 1. The number of carbonyl (C=O) groups excluding carboxylic acids is 2. The molecule has 0 aliphatic heterocycles. The fourth-order valence-corrected chi connectivity index (χ4v) is 3.50. The Hall–Kier alpha value is -3.98. The molecule has 36 heavy (non-hydrogen) atoms. The number of halogens is 1. The highest BCUT2D eigenvalue weighted by Crippen LogP contribution is 2.26. The molecule has 3 rings (SSSR count). The minimum atomic E-state index is -0.524. The number of carbonyl (C=O) groups is 2. The molecule has 0 aliphatic rings. The number of hydrogen-bond donors (Lipinski definition) is 1. The maximum atomic E-state index is 13.5. The average Bonchev–Trinajstić information content (AvgIpc) is 2.84. The molecule has 0 spiro atoms. The van der Waals surface area contributed by atoms with Crippen molar-refractivity contribution < 1.29 is 32.9 Å². The maximum Gasteiger partial charge on any atom is 0.339 e. The molecule has 190 valence electrons. The van der Waals surface area contributed by atoms with Gasteiger partial charge in [0.15, 0.2) is 0 Å². The van der Waals surface area contributed by atoms with Crippen LogP contribution in [0.15, 0.2) is 60.8 Å². The van der Waals surface area contributed by atoms with Crippen LogP contribution in [0, 0.1) is 5.82 Å². The summed E-state index contributed by atoms with van der Waals surface area (Å²) < 4.78 is 35.3. The van der Waals surface area contributed by atoms with Crippen molar-refractivity contribution in [3.05, 3.63) is 83.3 Å². The zero-order valence-electron chi connectivity index (χ0n) is 20.6. The lowest BCUT2D eigenvalue weighted by Gasteiger charge is -2.19. The van der Waals surface area contributed by atoms with Gasteiger partial charge in [0.1, 0.15) is 29.2 Å². The molecule has 0 aliphatic carbocycles. The van der Waals surface area contributed by atoms with Crippen molar-refractivity contribution in [2.45, 2.75) is 32.5 Å². The molecule has 0 unspecified atom stereocenters. The van der Waals surface area contributed by atoms with Gasteiger partial charge in [0.2, 0.25) is 0 Å². The summed E-state index contributed by atoms with van der Waals surface area (Å²) in [6.45, 7) is 4.06. The van der Waals surface area contributed by atoms with E-state index in [2.05, 4.69) is 15.0 Å². The Balaban J connectivity index is 1.79. The van der Waals surface area contributed by atoms with Gasteiger partial charge in [0.05, 0.1) is 25.4 Å². The van der Waals surface area contributed by atoms with Crippen LogP contribution < -0.4 is 14.8 Å². The minimum Gasteiger partial charge on any atom is -0.490 e. The van der Waals surface area contributed by atoms with E-state index < -0.39 is 11.9 Å². The third kappa shape index (κ3) is 7.78. The molecule has 1 amide bonds. The van der Waals surface area contributed by atoms with E-state index >= 15 is 0 Å². The second-order valence-electron chi connectivity index (χ2n) is 8.22. The third-order valence-electron chi connectivity index (χ3n) is 5.06. The summed E-state index contributed by atoms with van der Waals surface area (Å²) in [5, 5.41) is 2.70. The van der Waals surface area contributed by atoms with E-state index in [-0.39, 0.29) is 35.0 Å². The van der Waals surface area contributed by atoms with Crippen LogP contribution in [-0.2, 0) is 15.9 Å². The SMILES string of the molecule is COC[C@H](C)Oc1cc(O[C@@H](C)Cc2cccc(F)c2)cc(C(=O)Nc2ccc(C(=O)OC)cn2)c1. The number of hydrogen-bond acceptors (Lipinski definition) is 7. The van der Waals surface area contributed by atoms with Gasteiger partial charge in [0, 0.05) is 31.4 Å². The molecule has 2 atom stereocenters. The lowest BCUT2D eigenvalue weighted by molar-refractivity contribution is 0.0600. The number of aromatic nitrogens is 1. The number of rotatable bonds is 11. The number of ether oxygens (including phenoxy) is 4. The fraction of sp³-hybridized carbons (Fsp3) is 0.296. The number of pyridine rings is 1. The molecule has 1 heterocycles. The number of anilines is 1. The lowest BCUT2D eigenvalue weighted by Crippen LogP contribution is -2.20. The normalized spacial score (nSPS) is 12.4.